The van der Waals surface area contributed by atoms with Gasteiger partial charge in [0.05, 0.1) is 12.7 Å². The zero-order valence-corrected chi connectivity index (χ0v) is 10.8. The van der Waals surface area contributed by atoms with Crippen molar-refractivity contribution in [1.82, 2.24) is 0 Å². The second-order valence-electron chi connectivity index (χ2n) is 4.21. The second kappa shape index (κ2) is 5.48. The maximum atomic E-state index is 11.5. The molecule has 96 valence electrons. The Morgan fingerprint density at radius 1 is 0.895 bits per heavy atom. The minimum absolute atomic E-state index is 0.0194. The fourth-order valence-electron chi connectivity index (χ4n) is 1.86. The first-order valence-electron chi connectivity index (χ1n) is 5.91. The van der Waals surface area contributed by atoms with Crippen LogP contribution in [0.4, 0.5) is 0 Å². The minimum atomic E-state index is -0.371. The number of Topliss-reactive ketones (excluding diaryl/α,β-unsaturated/α-hetero) is 1. The third-order valence-corrected chi connectivity index (χ3v) is 2.89. The number of esters is 1. The van der Waals surface area contributed by atoms with Gasteiger partial charge in [0.2, 0.25) is 0 Å². The van der Waals surface area contributed by atoms with Crippen LogP contribution in [0.1, 0.15) is 27.6 Å². The van der Waals surface area contributed by atoms with E-state index in [2.05, 4.69) is 0 Å². The predicted octanol–water partition coefficient (Wildman–Crippen LogP) is 3.34. The molecule has 0 saturated carbocycles. The molecule has 3 heteroatoms. The van der Waals surface area contributed by atoms with Gasteiger partial charge in [0.1, 0.15) is 0 Å². The van der Waals surface area contributed by atoms with Gasteiger partial charge in [-0.3, -0.25) is 4.79 Å². The first kappa shape index (κ1) is 13.0. The highest BCUT2D eigenvalue weighted by Gasteiger charge is 2.07. The molecule has 0 atom stereocenters. The van der Waals surface area contributed by atoms with E-state index in [-0.39, 0.29) is 11.8 Å². The summed E-state index contributed by atoms with van der Waals surface area (Å²) in [6.45, 7) is 1.53. The van der Waals surface area contributed by atoms with E-state index in [1.165, 1.54) is 14.0 Å². The highest BCUT2D eigenvalue weighted by Crippen LogP contribution is 2.22. The number of carbonyl (C=O) groups is 2. The molecule has 0 N–H and O–H groups in total. The Hall–Kier alpha value is -2.42. The van der Waals surface area contributed by atoms with Gasteiger partial charge in [0.25, 0.3) is 0 Å². The summed E-state index contributed by atoms with van der Waals surface area (Å²) < 4.78 is 4.70. The van der Waals surface area contributed by atoms with Crippen molar-refractivity contribution in [1.29, 1.82) is 0 Å². The van der Waals surface area contributed by atoms with Crippen molar-refractivity contribution in [2.45, 2.75) is 6.92 Å². The molecule has 0 unspecified atom stereocenters. The van der Waals surface area contributed by atoms with Gasteiger partial charge in [-0.1, -0.05) is 30.3 Å². The van der Waals surface area contributed by atoms with E-state index < -0.39 is 0 Å². The maximum Gasteiger partial charge on any atom is 0.337 e. The van der Waals surface area contributed by atoms with Crippen LogP contribution >= 0.6 is 0 Å². The second-order valence-corrected chi connectivity index (χ2v) is 4.21. The van der Waals surface area contributed by atoms with E-state index in [1.54, 1.807) is 24.3 Å². The van der Waals surface area contributed by atoms with Crippen molar-refractivity contribution < 1.29 is 14.3 Å². The average molecular weight is 254 g/mol. The third kappa shape index (κ3) is 2.88. The summed E-state index contributed by atoms with van der Waals surface area (Å²) in [4.78, 5) is 22.9. The van der Waals surface area contributed by atoms with Gasteiger partial charge < -0.3 is 4.74 Å². The van der Waals surface area contributed by atoms with Crippen LogP contribution in [0.2, 0.25) is 0 Å². The quantitative estimate of drug-likeness (QED) is 0.623. The first-order valence-corrected chi connectivity index (χ1v) is 5.91. The lowest BCUT2D eigenvalue weighted by Crippen LogP contribution is -2.00. The molecule has 0 aromatic heterocycles. The van der Waals surface area contributed by atoms with E-state index in [0.717, 1.165) is 11.1 Å². The summed E-state index contributed by atoms with van der Waals surface area (Å²) in [6.07, 6.45) is 0. The number of carbonyl (C=O) groups excluding carboxylic acids is 2. The van der Waals surface area contributed by atoms with E-state index >= 15 is 0 Å². The Labute approximate surface area is 111 Å². The van der Waals surface area contributed by atoms with Crippen molar-refractivity contribution >= 4 is 11.8 Å². The van der Waals surface area contributed by atoms with Crippen LogP contribution < -0.4 is 0 Å². The number of rotatable bonds is 3. The van der Waals surface area contributed by atoms with Gasteiger partial charge in [-0.2, -0.15) is 0 Å². The molecule has 19 heavy (non-hydrogen) atoms. The van der Waals surface area contributed by atoms with Crippen LogP contribution in [0.3, 0.4) is 0 Å². The molecule has 2 aromatic rings. The summed E-state index contributed by atoms with van der Waals surface area (Å²) in [7, 11) is 1.35. The van der Waals surface area contributed by atoms with Crippen LogP contribution in [0, 0.1) is 0 Å². The van der Waals surface area contributed by atoms with Crippen molar-refractivity contribution in [3.8, 4) is 11.1 Å². The van der Waals surface area contributed by atoms with E-state index in [0.29, 0.717) is 11.1 Å². The Kier molecular flexibility index (Phi) is 3.76. The number of methoxy groups -OCH3 is 1. The van der Waals surface area contributed by atoms with Gasteiger partial charge in [-0.15, -0.1) is 0 Å². The lowest BCUT2D eigenvalue weighted by molar-refractivity contribution is 0.0600. The number of hydrogen-bond donors (Lipinski definition) is 0. The number of ether oxygens (including phenoxy) is 1. The monoisotopic (exact) mass is 254 g/mol. The van der Waals surface area contributed by atoms with Crippen LogP contribution in [0.5, 0.6) is 0 Å². The molecule has 0 heterocycles. The molecular weight excluding hydrogens is 240 g/mol. The first-order chi connectivity index (χ1) is 9.11. The lowest BCUT2D eigenvalue weighted by atomic mass is 10.00. The van der Waals surface area contributed by atoms with Gasteiger partial charge in [0.15, 0.2) is 5.78 Å². The average Bonchev–Trinajstić information content (AvgIpc) is 2.46. The Balaban J connectivity index is 2.44. The molecular formula is C16H14O3. The molecule has 2 rings (SSSR count). The van der Waals surface area contributed by atoms with Crippen molar-refractivity contribution in [2.24, 2.45) is 0 Å². The van der Waals surface area contributed by atoms with Gasteiger partial charge in [0, 0.05) is 5.56 Å². The minimum Gasteiger partial charge on any atom is -0.465 e. The molecule has 0 aliphatic rings. The van der Waals surface area contributed by atoms with Crippen LogP contribution in [-0.2, 0) is 4.74 Å². The fourth-order valence-corrected chi connectivity index (χ4v) is 1.86. The largest absolute Gasteiger partial charge is 0.465 e. The molecule has 0 aliphatic heterocycles. The van der Waals surface area contributed by atoms with Crippen molar-refractivity contribution in [2.75, 3.05) is 7.11 Å². The SMILES string of the molecule is COC(=O)c1cccc(-c2cccc(C(C)=O)c2)c1. The van der Waals surface area contributed by atoms with Gasteiger partial charge in [-0.05, 0) is 36.2 Å². The third-order valence-electron chi connectivity index (χ3n) is 2.89. The van der Waals surface area contributed by atoms with Crippen molar-refractivity contribution in [3.63, 3.8) is 0 Å². The standard InChI is InChI=1S/C16H14O3/c1-11(17)12-5-3-6-13(9-12)14-7-4-8-15(10-14)16(18)19-2/h3-10H,1-2H3. The molecule has 2 aromatic carbocycles. The van der Waals surface area contributed by atoms with E-state index in [4.69, 9.17) is 4.74 Å². The zero-order valence-electron chi connectivity index (χ0n) is 10.8. The highest BCUT2D eigenvalue weighted by molar-refractivity contribution is 5.95. The molecule has 0 amide bonds. The summed E-state index contributed by atoms with van der Waals surface area (Å²) in [6, 6.07) is 14.5. The summed E-state index contributed by atoms with van der Waals surface area (Å²) in [5, 5.41) is 0. The number of benzene rings is 2. The molecule has 0 radical (unpaired) electrons. The summed E-state index contributed by atoms with van der Waals surface area (Å²) >= 11 is 0. The normalized spacial score (nSPS) is 10.0. The summed E-state index contributed by atoms with van der Waals surface area (Å²) in [5.74, 6) is -0.351. The molecule has 3 nitrogen and oxygen atoms in total. The Morgan fingerprint density at radius 3 is 1.95 bits per heavy atom. The summed E-state index contributed by atoms with van der Waals surface area (Å²) in [5.41, 5.74) is 2.93. The highest BCUT2D eigenvalue weighted by atomic mass is 16.5. The van der Waals surface area contributed by atoms with Crippen LogP contribution in [0.25, 0.3) is 11.1 Å². The molecule has 0 bridgehead atoms. The van der Waals surface area contributed by atoms with Gasteiger partial charge in [-0.25, -0.2) is 4.79 Å². The maximum absolute atomic E-state index is 11.5. The van der Waals surface area contributed by atoms with E-state index in [1.807, 2.05) is 24.3 Å². The molecule has 0 aliphatic carbocycles. The van der Waals surface area contributed by atoms with Crippen LogP contribution in [0.15, 0.2) is 48.5 Å². The zero-order chi connectivity index (χ0) is 13.8. The van der Waals surface area contributed by atoms with Crippen LogP contribution in [-0.4, -0.2) is 18.9 Å². The lowest BCUT2D eigenvalue weighted by Gasteiger charge is -2.05. The van der Waals surface area contributed by atoms with Gasteiger partial charge >= 0.3 is 5.97 Å². The van der Waals surface area contributed by atoms with Crippen molar-refractivity contribution in [3.05, 3.63) is 59.7 Å². The smallest absolute Gasteiger partial charge is 0.337 e. The Morgan fingerprint density at radius 2 is 1.42 bits per heavy atom. The number of hydrogen-bond acceptors (Lipinski definition) is 3. The van der Waals surface area contributed by atoms with E-state index in [9.17, 15) is 9.59 Å². The predicted molar refractivity (Wildman–Crippen MR) is 73.2 cm³/mol. The fraction of sp³-hybridized carbons (Fsp3) is 0.125. The molecule has 0 saturated heterocycles. The number of ketones is 1. The Bertz CT molecular complexity index is 629. The molecule has 0 spiro atoms. The molecule has 0 fully saturated rings. The topological polar surface area (TPSA) is 43.4 Å².